The van der Waals surface area contributed by atoms with Crippen molar-refractivity contribution in [3.63, 3.8) is 0 Å². The topological polar surface area (TPSA) is 120 Å². The van der Waals surface area contributed by atoms with E-state index in [2.05, 4.69) is 16.0 Å². The van der Waals surface area contributed by atoms with Crippen LogP contribution in [0.1, 0.15) is 5.56 Å². The van der Waals surface area contributed by atoms with Crippen molar-refractivity contribution < 1.29 is 24.5 Å². The zero-order valence-electron chi connectivity index (χ0n) is 16.6. The molecule has 8 nitrogen and oxygen atoms in total. The molecule has 2 atom stereocenters. The largest absolute Gasteiger partial charge is 0.497 e. The Morgan fingerprint density at radius 1 is 0.967 bits per heavy atom. The van der Waals surface area contributed by atoms with Crippen molar-refractivity contribution in [3.05, 3.63) is 59.1 Å². The van der Waals surface area contributed by atoms with Crippen molar-refractivity contribution in [1.82, 2.24) is 10.6 Å². The summed E-state index contributed by atoms with van der Waals surface area (Å²) in [5.74, 6) is -0.920. The van der Waals surface area contributed by atoms with Crippen LogP contribution in [0, 0.1) is 0 Å². The van der Waals surface area contributed by atoms with Crippen molar-refractivity contribution in [1.29, 1.82) is 0 Å². The lowest BCUT2D eigenvalue weighted by atomic mass is 10.1. The summed E-state index contributed by atoms with van der Waals surface area (Å²) >= 11 is 5.90. The number of aliphatic hydroxyl groups is 2. The number of nitrogens with one attached hydrogen (secondary N) is 3. The molecule has 2 rings (SSSR count). The Kier molecular flexibility index (Phi) is 9.40. The number of methoxy groups -OCH3 is 1. The van der Waals surface area contributed by atoms with E-state index in [1.807, 2.05) is 18.2 Å². The molecule has 2 amide bonds. The lowest BCUT2D eigenvalue weighted by Gasteiger charge is -2.17. The quantitative estimate of drug-likeness (QED) is 0.335. The third-order valence-electron chi connectivity index (χ3n) is 4.28. The average molecular weight is 436 g/mol. The summed E-state index contributed by atoms with van der Waals surface area (Å²) in [4.78, 5) is 23.9. The van der Waals surface area contributed by atoms with Crippen molar-refractivity contribution in [2.75, 3.05) is 32.1 Å². The van der Waals surface area contributed by atoms with Crippen LogP contribution in [-0.2, 0) is 16.0 Å². The first-order valence-electron chi connectivity index (χ1n) is 9.44. The highest BCUT2D eigenvalue weighted by Gasteiger charge is 2.29. The monoisotopic (exact) mass is 435 g/mol. The number of anilines is 1. The van der Waals surface area contributed by atoms with Crippen LogP contribution in [0.25, 0.3) is 0 Å². The number of amides is 2. The maximum absolute atomic E-state index is 12.0. The predicted octanol–water partition coefficient (Wildman–Crippen LogP) is 0.957. The average Bonchev–Trinajstić information content (AvgIpc) is 2.75. The SMILES string of the molecule is COc1ccc(NCCNC(=O)[C@H](O)[C@@H](O)C(=O)NCCc2cccc(Cl)c2)cc1. The molecule has 0 aliphatic rings. The minimum absolute atomic E-state index is 0.199. The van der Waals surface area contributed by atoms with Crippen LogP contribution in [0.5, 0.6) is 5.75 Å². The minimum atomic E-state index is -1.86. The molecule has 0 unspecified atom stereocenters. The van der Waals surface area contributed by atoms with Gasteiger partial charge in [0.25, 0.3) is 11.8 Å². The van der Waals surface area contributed by atoms with E-state index < -0.39 is 24.0 Å². The smallest absolute Gasteiger partial charge is 0.252 e. The molecule has 0 radical (unpaired) electrons. The van der Waals surface area contributed by atoms with Gasteiger partial charge in [-0.3, -0.25) is 9.59 Å². The van der Waals surface area contributed by atoms with Crippen LogP contribution >= 0.6 is 11.6 Å². The number of hydrogen-bond acceptors (Lipinski definition) is 6. The van der Waals surface area contributed by atoms with Gasteiger partial charge in [0, 0.05) is 30.3 Å². The third kappa shape index (κ3) is 7.55. The lowest BCUT2D eigenvalue weighted by molar-refractivity contribution is -0.145. The maximum atomic E-state index is 12.0. The van der Waals surface area contributed by atoms with Gasteiger partial charge < -0.3 is 30.9 Å². The molecule has 0 saturated carbocycles. The highest BCUT2D eigenvalue weighted by Crippen LogP contribution is 2.14. The molecule has 162 valence electrons. The minimum Gasteiger partial charge on any atom is -0.497 e. The molecular formula is C21H26ClN3O5. The molecule has 2 aromatic rings. The number of hydrogen-bond donors (Lipinski definition) is 5. The Morgan fingerprint density at radius 3 is 2.20 bits per heavy atom. The molecule has 0 saturated heterocycles. The summed E-state index contributed by atoms with van der Waals surface area (Å²) in [5.41, 5.74) is 1.75. The number of halogens is 1. The fourth-order valence-electron chi connectivity index (χ4n) is 2.62. The number of carbonyl (C=O) groups is 2. The Hall–Kier alpha value is -2.81. The van der Waals surface area contributed by atoms with Crippen molar-refractivity contribution in [2.24, 2.45) is 0 Å². The summed E-state index contributed by atoms with van der Waals surface area (Å²) in [6, 6.07) is 14.4. The zero-order chi connectivity index (χ0) is 21.9. The lowest BCUT2D eigenvalue weighted by Crippen LogP contribution is -2.50. The van der Waals surface area contributed by atoms with E-state index in [0.29, 0.717) is 18.0 Å². The van der Waals surface area contributed by atoms with Crippen LogP contribution < -0.4 is 20.7 Å². The Labute approximate surface area is 180 Å². The van der Waals surface area contributed by atoms with Gasteiger partial charge in [0.05, 0.1) is 7.11 Å². The number of benzene rings is 2. The number of ether oxygens (including phenoxy) is 1. The zero-order valence-corrected chi connectivity index (χ0v) is 17.4. The van der Waals surface area contributed by atoms with Crippen molar-refractivity contribution in [2.45, 2.75) is 18.6 Å². The molecule has 0 bridgehead atoms. The Bertz CT molecular complexity index is 832. The number of rotatable bonds is 11. The molecule has 0 spiro atoms. The van der Waals surface area contributed by atoms with Gasteiger partial charge in [-0.2, -0.15) is 0 Å². The van der Waals surface area contributed by atoms with E-state index in [1.165, 1.54) is 0 Å². The molecule has 5 N–H and O–H groups in total. The van der Waals surface area contributed by atoms with Gasteiger partial charge in [-0.25, -0.2) is 0 Å². The summed E-state index contributed by atoms with van der Waals surface area (Å²) in [6.45, 7) is 0.827. The van der Waals surface area contributed by atoms with Gasteiger partial charge >= 0.3 is 0 Å². The van der Waals surface area contributed by atoms with E-state index in [4.69, 9.17) is 16.3 Å². The second-order valence-corrected chi connectivity index (χ2v) is 6.94. The Morgan fingerprint density at radius 2 is 1.60 bits per heavy atom. The molecule has 0 aliphatic heterocycles. The van der Waals surface area contributed by atoms with Crippen LogP contribution in [0.3, 0.4) is 0 Å². The fourth-order valence-corrected chi connectivity index (χ4v) is 2.83. The fraction of sp³-hybridized carbons (Fsp3) is 0.333. The van der Waals surface area contributed by atoms with Gasteiger partial charge in [-0.05, 0) is 48.4 Å². The summed E-state index contributed by atoms with van der Waals surface area (Å²) in [6.07, 6.45) is -3.23. The third-order valence-corrected chi connectivity index (χ3v) is 4.52. The van der Waals surface area contributed by atoms with Gasteiger partial charge in [0.1, 0.15) is 5.75 Å². The highest BCUT2D eigenvalue weighted by molar-refractivity contribution is 6.30. The first-order chi connectivity index (χ1) is 14.4. The van der Waals surface area contributed by atoms with E-state index in [1.54, 1.807) is 37.4 Å². The Balaban J connectivity index is 1.67. The van der Waals surface area contributed by atoms with Crippen LogP contribution in [-0.4, -0.2) is 61.0 Å². The van der Waals surface area contributed by atoms with Crippen LogP contribution in [0.2, 0.25) is 5.02 Å². The molecule has 0 heterocycles. The standard InChI is InChI=1S/C21H26ClN3O5/c1-30-17-7-5-16(6-8-17)23-11-12-25-21(29)19(27)18(26)20(28)24-10-9-14-3-2-4-15(22)13-14/h2-8,13,18-19,23,26-27H,9-12H2,1H3,(H,24,28)(H,25,29)/t18-,19-/m1/s1. The van der Waals surface area contributed by atoms with Crippen molar-refractivity contribution >= 4 is 29.1 Å². The van der Waals surface area contributed by atoms with Gasteiger partial charge in [-0.1, -0.05) is 23.7 Å². The molecule has 9 heteroatoms. The molecule has 0 aromatic heterocycles. The molecular weight excluding hydrogens is 410 g/mol. The first-order valence-corrected chi connectivity index (χ1v) is 9.82. The van der Waals surface area contributed by atoms with Crippen molar-refractivity contribution in [3.8, 4) is 5.75 Å². The molecule has 2 aromatic carbocycles. The van der Waals surface area contributed by atoms with Gasteiger partial charge in [0.15, 0.2) is 12.2 Å². The second-order valence-electron chi connectivity index (χ2n) is 6.51. The normalized spacial score (nSPS) is 12.5. The van der Waals surface area contributed by atoms with E-state index in [0.717, 1.165) is 17.0 Å². The van der Waals surface area contributed by atoms with E-state index >= 15 is 0 Å². The summed E-state index contributed by atoms with van der Waals surface area (Å²) < 4.78 is 5.07. The van der Waals surface area contributed by atoms with Crippen LogP contribution in [0.15, 0.2) is 48.5 Å². The van der Waals surface area contributed by atoms with Gasteiger partial charge in [0.2, 0.25) is 0 Å². The highest BCUT2D eigenvalue weighted by atomic mass is 35.5. The van der Waals surface area contributed by atoms with E-state index in [-0.39, 0.29) is 13.1 Å². The van der Waals surface area contributed by atoms with Crippen LogP contribution in [0.4, 0.5) is 5.69 Å². The number of carbonyl (C=O) groups excluding carboxylic acids is 2. The van der Waals surface area contributed by atoms with E-state index in [9.17, 15) is 19.8 Å². The van der Waals surface area contributed by atoms with Gasteiger partial charge in [-0.15, -0.1) is 0 Å². The molecule has 30 heavy (non-hydrogen) atoms. The number of aliphatic hydroxyl groups excluding tert-OH is 2. The molecule has 0 aliphatic carbocycles. The summed E-state index contributed by atoms with van der Waals surface area (Å²) in [5, 5.41) is 28.5. The predicted molar refractivity (Wildman–Crippen MR) is 115 cm³/mol. The first kappa shape index (κ1) is 23.5. The molecule has 0 fully saturated rings. The maximum Gasteiger partial charge on any atom is 0.252 e. The summed E-state index contributed by atoms with van der Waals surface area (Å²) in [7, 11) is 1.58. The second kappa shape index (κ2) is 12.0.